The van der Waals surface area contributed by atoms with Gasteiger partial charge in [0.15, 0.2) is 0 Å². The van der Waals surface area contributed by atoms with Gasteiger partial charge in [0.1, 0.15) is 5.75 Å². The number of benzene rings is 1. The summed E-state index contributed by atoms with van der Waals surface area (Å²) in [5.41, 5.74) is 1.22. The molecule has 0 fully saturated rings. The van der Waals surface area contributed by atoms with Crippen LogP contribution < -0.4 is 4.74 Å². The predicted molar refractivity (Wildman–Crippen MR) is 56.2 cm³/mol. The lowest BCUT2D eigenvalue weighted by molar-refractivity contribution is 0.407. The van der Waals surface area contributed by atoms with Gasteiger partial charge in [-0.15, -0.1) is 6.58 Å². The molecule has 0 aliphatic carbocycles. The fourth-order valence-corrected chi connectivity index (χ4v) is 1.49. The van der Waals surface area contributed by atoms with Crippen LogP contribution in [0.5, 0.6) is 5.75 Å². The molecule has 1 nitrogen and oxygen atoms in total. The Morgan fingerprint density at radius 2 is 2.15 bits per heavy atom. The molecule has 1 aromatic rings. The third-order valence-corrected chi connectivity index (χ3v) is 2.26. The predicted octanol–water partition coefficient (Wildman–Crippen LogP) is 3.37. The molecule has 0 saturated heterocycles. The van der Waals surface area contributed by atoms with Crippen LogP contribution in [0.3, 0.4) is 0 Å². The molecule has 0 amide bonds. The lowest BCUT2D eigenvalue weighted by Crippen LogP contribution is -1.96. The van der Waals surface area contributed by atoms with E-state index in [9.17, 15) is 0 Å². The molecule has 1 rings (SSSR count). The van der Waals surface area contributed by atoms with Crippen LogP contribution in [0.15, 0.2) is 36.9 Å². The smallest absolute Gasteiger partial charge is 0.122 e. The van der Waals surface area contributed by atoms with Crippen molar-refractivity contribution in [2.75, 3.05) is 7.11 Å². The van der Waals surface area contributed by atoms with Crippen molar-refractivity contribution in [3.8, 4) is 5.75 Å². The molecule has 0 unspecified atom stereocenters. The zero-order chi connectivity index (χ0) is 9.68. The van der Waals surface area contributed by atoms with Crippen molar-refractivity contribution in [1.29, 1.82) is 0 Å². The Bertz CT molecular complexity index is 278. The van der Waals surface area contributed by atoms with Crippen LogP contribution in [0.1, 0.15) is 24.8 Å². The lowest BCUT2D eigenvalue weighted by Gasteiger charge is -2.13. The summed E-state index contributed by atoms with van der Waals surface area (Å²) >= 11 is 0. The van der Waals surface area contributed by atoms with Gasteiger partial charge in [-0.25, -0.2) is 0 Å². The van der Waals surface area contributed by atoms with Gasteiger partial charge in [-0.05, 0) is 12.5 Å². The van der Waals surface area contributed by atoms with E-state index >= 15 is 0 Å². The van der Waals surface area contributed by atoms with Gasteiger partial charge in [0, 0.05) is 11.5 Å². The first-order valence-corrected chi connectivity index (χ1v) is 4.59. The Morgan fingerprint density at radius 3 is 2.69 bits per heavy atom. The molecule has 0 heterocycles. The molecule has 0 N–H and O–H groups in total. The quantitative estimate of drug-likeness (QED) is 0.639. The zero-order valence-electron chi connectivity index (χ0n) is 8.29. The SMILES string of the molecule is C=C[C@H](CC)c1ccccc1OC. The summed E-state index contributed by atoms with van der Waals surface area (Å²) in [5, 5.41) is 0. The van der Waals surface area contributed by atoms with Crippen molar-refractivity contribution in [2.45, 2.75) is 19.3 Å². The van der Waals surface area contributed by atoms with Gasteiger partial charge in [0.05, 0.1) is 7.11 Å². The van der Waals surface area contributed by atoms with Gasteiger partial charge >= 0.3 is 0 Å². The number of methoxy groups -OCH3 is 1. The van der Waals surface area contributed by atoms with Crippen LogP contribution in [-0.4, -0.2) is 7.11 Å². The van der Waals surface area contributed by atoms with E-state index in [1.54, 1.807) is 7.11 Å². The highest BCUT2D eigenvalue weighted by Gasteiger charge is 2.09. The fraction of sp³-hybridized carbons (Fsp3) is 0.333. The van der Waals surface area contributed by atoms with Gasteiger partial charge in [0.2, 0.25) is 0 Å². The number of hydrogen-bond acceptors (Lipinski definition) is 1. The minimum atomic E-state index is 0.399. The highest BCUT2D eigenvalue weighted by Crippen LogP contribution is 2.28. The summed E-state index contributed by atoms with van der Waals surface area (Å²) in [6.45, 7) is 5.98. The second-order valence-corrected chi connectivity index (χ2v) is 2.99. The third-order valence-electron chi connectivity index (χ3n) is 2.26. The average Bonchev–Trinajstić information content (AvgIpc) is 2.20. The van der Waals surface area contributed by atoms with E-state index in [1.807, 2.05) is 24.3 Å². The molecule has 0 bridgehead atoms. The first-order chi connectivity index (χ1) is 6.33. The van der Waals surface area contributed by atoms with Gasteiger partial charge in [0.25, 0.3) is 0 Å². The van der Waals surface area contributed by atoms with Crippen molar-refractivity contribution in [3.05, 3.63) is 42.5 Å². The maximum absolute atomic E-state index is 5.28. The number of ether oxygens (including phenoxy) is 1. The van der Waals surface area contributed by atoms with E-state index in [-0.39, 0.29) is 0 Å². The molecule has 0 aliphatic rings. The molecule has 13 heavy (non-hydrogen) atoms. The maximum atomic E-state index is 5.28. The summed E-state index contributed by atoms with van der Waals surface area (Å²) in [4.78, 5) is 0. The molecular weight excluding hydrogens is 160 g/mol. The van der Waals surface area contributed by atoms with E-state index in [0.29, 0.717) is 5.92 Å². The van der Waals surface area contributed by atoms with Crippen molar-refractivity contribution >= 4 is 0 Å². The lowest BCUT2D eigenvalue weighted by atomic mass is 9.96. The number of rotatable bonds is 4. The van der Waals surface area contributed by atoms with Crippen molar-refractivity contribution in [2.24, 2.45) is 0 Å². The van der Waals surface area contributed by atoms with Crippen molar-refractivity contribution in [1.82, 2.24) is 0 Å². The Labute approximate surface area is 80.0 Å². The summed E-state index contributed by atoms with van der Waals surface area (Å²) in [6.07, 6.45) is 3.03. The van der Waals surface area contributed by atoms with Crippen LogP contribution in [0.2, 0.25) is 0 Å². The first kappa shape index (κ1) is 9.85. The average molecular weight is 176 g/mol. The van der Waals surface area contributed by atoms with Gasteiger partial charge < -0.3 is 4.74 Å². The summed E-state index contributed by atoms with van der Waals surface area (Å²) in [6, 6.07) is 8.10. The van der Waals surface area contributed by atoms with Crippen LogP contribution in [0, 0.1) is 0 Å². The molecule has 0 radical (unpaired) electrons. The zero-order valence-corrected chi connectivity index (χ0v) is 8.29. The topological polar surface area (TPSA) is 9.23 Å². The van der Waals surface area contributed by atoms with E-state index in [4.69, 9.17) is 4.74 Å². The minimum Gasteiger partial charge on any atom is -0.496 e. The Hall–Kier alpha value is -1.24. The highest BCUT2D eigenvalue weighted by atomic mass is 16.5. The summed E-state index contributed by atoms with van der Waals surface area (Å²) in [5.74, 6) is 1.35. The second kappa shape index (κ2) is 4.70. The molecule has 0 aliphatic heterocycles. The number of allylic oxidation sites excluding steroid dienone is 1. The van der Waals surface area contributed by atoms with Gasteiger partial charge in [-0.3, -0.25) is 0 Å². The van der Waals surface area contributed by atoms with Crippen LogP contribution >= 0.6 is 0 Å². The number of hydrogen-bond donors (Lipinski definition) is 0. The molecule has 1 heteroatoms. The van der Waals surface area contributed by atoms with E-state index in [1.165, 1.54) is 5.56 Å². The normalized spacial score (nSPS) is 12.2. The Morgan fingerprint density at radius 1 is 1.46 bits per heavy atom. The van der Waals surface area contributed by atoms with Crippen LogP contribution in [-0.2, 0) is 0 Å². The van der Waals surface area contributed by atoms with E-state index in [2.05, 4.69) is 19.6 Å². The van der Waals surface area contributed by atoms with E-state index in [0.717, 1.165) is 12.2 Å². The number of para-hydroxylation sites is 1. The van der Waals surface area contributed by atoms with Crippen molar-refractivity contribution < 1.29 is 4.74 Å². The molecule has 0 spiro atoms. The third kappa shape index (κ3) is 2.11. The molecule has 0 saturated carbocycles. The highest BCUT2D eigenvalue weighted by molar-refractivity contribution is 5.37. The van der Waals surface area contributed by atoms with Crippen LogP contribution in [0.4, 0.5) is 0 Å². The van der Waals surface area contributed by atoms with Crippen molar-refractivity contribution in [3.63, 3.8) is 0 Å². The molecule has 70 valence electrons. The largest absolute Gasteiger partial charge is 0.496 e. The summed E-state index contributed by atoms with van der Waals surface area (Å²) < 4.78 is 5.28. The standard InChI is InChI=1S/C12H16O/c1-4-10(5-2)11-8-6-7-9-12(11)13-3/h4,6-10H,1,5H2,2-3H3/t10-/m1/s1. The second-order valence-electron chi connectivity index (χ2n) is 2.99. The maximum Gasteiger partial charge on any atom is 0.122 e. The molecular formula is C12H16O. The molecule has 1 aromatic carbocycles. The summed E-state index contributed by atoms with van der Waals surface area (Å²) in [7, 11) is 1.70. The fourth-order valence-electron chi connectivity index (χ4n) is 1.49. The van der Waals surface area contributed by atoms with Crippen LogP contribution in [0.25, 0.3) is 0 Å². The Kier molecular flexibility index (Phi) is 3.56. The minimum absolute atomic E-state index is 0.399. The monoisotopic (exact) mass is 176 g/mol. The molecule has 1 atom stereocenters. The Balaban J connectivity index is 3.03. The van der Waals surface area contributed by atoms with E-state index < -0.39 is 0 Å². The first-order valence-electron chi connectivity index (χ1n) is 4.59. The van der Waals surface area contributed by atoms with Gasteiger partial charge in [-0.1, -0.05) is 31.2 Å². The molecule has 0 aromatic heterocycles. The van der Waals surface area contributed by atoms with Gasteiger partial charge in [-0.2, -0.15) is 0 Å².